The number of alkyl halides is 5. The van der Waals surface area contributed by atoms with Gasteiger partial charge in [0.15, 0.2) is 5.82 Å². The molecule has 0 aliphatic carbocycles. The van der Waals surface area contributed by atoms with Gasteiger partial charge in [0.05, 0.1) is 24.4 Å². The molecule has 0 saturated carbocycles. The van der Waals surface area contributed by atoms with Crippen molar-refractivity contribution in [2.45, 2.75) is 38.4 Å². The third-order valence-corrected chi connectivity index (χ3v) is 5.71. The van der Waals surface area contributed by atoms with Crippen molar-refractivity contribution < 1.29 is 36.3 Å². The van der Waals surface area contributed by atoms with Crippen LogP contribution < -0.4 is 10.6 Å². The first-order chi connectivity index (χ1) is 17.4. The molecule has 0 saturated heterocycles. The third kappa shape index (κ3) is 5.87. The molecule has 2 N–H and O–H groups in total. The van der Waals surface area contributed by atoms with E-state index in [1.54, 1.807) is 53.8 Å². The van der Waals surface area contributed by atoms with Crippen molar-refractivity contribution in [1.82, 2.24) is 4.98 Å². The monoisotopic (exact) mass is 521 g/mol. The van der Waals surface area contributed by atoms with Gasteiger partial charge >= 0.3 is 24.0 Å². The van der Waals surface area contributed by atoms with Crippen LogP contribution in [0.4, 0.5) is 33.5 Å². The maximum Gasteiger partial charge on any atom is 0.463 e. The molecule has 1 aromatic heterocycles. The van der Waals surface area contributed by atoms with Crippen LogP contribution in [-0.2, 0) is 9.53 Å². The quantitative estimate of drug-likeness (QED) is 0.260. The number of aryl methyl sites for hydroxylation is 1. The van der Waals surface area contributed by atoms with Gasteiger partial charge in [-0.15, -0.1) is 0 Å². The molecule has 1 heterocycles. The van der Waals surface area contributed by atoms with Crippen molar-refractivity contribution in [3.05, 3.63) is 77.5 Å². The number of carbonyl (C=O) groups is 2. The number of ether oxygens (including phenoxy) is 1. The van der Waals surface area contributed by atoms with E-state index < -0.39 is 30.0 Å². The lowest BCUT2D eigenvalue weighted by Crippen LogP contribution is -2.47. The number of amides is 1. The molecule has 196 valence electrons. The topological polar surface area (TPSA) is 80.3 Å². The van der Waals surface area contributed by atoms with E-state index in [2.05, 4.69) is 10.3 Å². The van der Waals surface area contributed by atoms with Crippen LogP contribution in [0.2, 0.25) is 0 Å². The summed E-state index contributed by atoms with van der Waals surface area (Å²) < 4.78 is 69.9. The minimum Gasteiger partial charge on any atom is -0.465 e. The number of methoxy groups -OCH3 is 1. The molecule has 1 amide bonds. The standard InChI is InChI=1S/C26H24F5N3O3/c1-4-20(17-11-9-16(10-12-17)18-7-5-6-8-19(18)23(35)37-3)33-22-21(15(2)13-14-32-22)34-24(36)25(27,28)26(29,30)31/h5-14,20H,4H2,1-3H3,(H,32,33)(H,34,36). The first kappa shape index (κ1) is 27.6. The van der Waals surface area contributed by atoms with Crippen molar-refractivity contribution in [3.63, 3.8) is 0 Å². The SMILES string of the molecule is CCC(Nc1nccc(C)c1NC(=O)C(F)(F)C(F)(F)F)c1ccc(-c2ccccc2C(=O)OC)cc1. The van der Waals surface area contributed by atoms with E-state index in [4.69, 9.17) is 4.74 Å². The maximum atomic E-state index is 13.5. The van der Waals surface area contributed by atoms with Crippen LogP contribution in [0.3, 0.4) is 0 Å². The molecule has 0 fully saturated rings. The Hall–Kier alpha value is -4.02. The largest absolute Gasteiger partial charge is 0.465 e. The van der Waals surface area contributed by atoms with Crippen molar-refractivity contribution >= 4 is 23.4 Å². The second-order valence-corrected chi connectivity index (χ2v) is 8.14. The van der Waals surface area contributed by atoms with E-state index in [1.165, 1.54) is 26.3 Å². The Kier molecular flexibility index (Phi) is 8.15. The molecular weight excluding hydrogens is 497 g/mol. The predicted octanol–water partition coefficient (Wildman–Crippen LogP) is 6.54. The molecule has 2 aromatic carbocycles. The number of halogens is 5. The Bertz CT molecular complexity index is 1280. The number of benzene rings is 2. The van der Waals surface area contributed by atoms with E-state index in [1.807, 2.05) is 6.92 Å². The van der Waals surface area contributed by atoms with Gasteiger partial charge in [0.2, 0.25) is 0 Å². The highest BCUT2D eigenvalue weighted by atomic mass is 19.4. The van der Waals surface area contributed by atoms with E-state index in [9.17, 15) is 31.5 Å². The number of anilines is 2. The van der Waals surface area contributed by atoms with Gasteiger partial charge in [0.25, 0.3) is 0 Å². The minimum atomic E-state index is -6.04. The predicted molar refractivity (Wildman–Crippen MR) is 128 cm³/mol. The molecule has 0 aliphatic heterocycles. The van der Waals surface area contributed by atoms with Gasteiger partial charge in [-0.05, 0) is 47.7 Å². The first-order valence-electron chi connectivity index (χ1n) is 11.2. The van der Waals surface area contributed by atoms with Crippen LogP contribution in [0.25, 0.3) is 11.1 Å². The normalized spacial score (nSPS) is 12.5. The smallest absolute Gasteiger partial charge is 0.463 e. The highest BCUT2D eigenvalue weighted by Gasteiger charge is 2.63. The highest BCUT2D eigenvalue weighted by Crippen LogP contribution is 2.38. The number of aromatic nitrogens is 1. The number of nitrogens with one attached hydrogen (secondary N) is 2. The number of pyridine rings is 1. The Morgan fingerprint density at radius 1 is 1.00 bits per heavy atom. The van der Waals surface area contributed by atoms with Crippen LogP contribution in [-0.4, -0.2) is 36.1 Å². The minimum absolute atomic E-state index is 0.0571. The lowest BCUT2D eigenvalue weighted by atomic mass is 9.96. The van der Waals surface area contributed by atoms with Gasteiger partial charge in [-0.1, -0.05) is 49.4 Å². The van der Waals surface area contributed by atoms with Crippen LogP contribution in [0.15, 0.2) is 60.8 Å². The lowest BCUT2D eigenvalue weighted by molar-refractivity contribution is -0.267. The zero-order chi connectivity index (χ0) is 27.4. The van der Waals surface area contributed by atoms with Gasteiger partial charge < -0.3 is 15.4 Å². The molecule has 1 atom stereocenters. The molecule has 37 heavy (non-hydrogen) atoms. The summed E-state index contributed by atoms with van der Waals surface area (Å²) in [7, 11) is 1.29. The second kappa shape index (κ2) is 10.9. The summed E-state index contributed by atoms with van der Waals surface area (Å²) in [5.41, 5.74) is 2.52. The molecule has 0 radical (unpaired) electrons. The number of nitrogens with zero attached hydrogens (tertiary/aromatic N) is 1. The van der Waals surface area contributed by atoms with Crippen molar-refractivity contribution in [1.29, 1.82) is 0 Å². The van der Waals surface area contributed by atoms with E-state index in [-0.39, 0.29) is 17.1 Å². The summed E-state index contributed by atoms with van der Waals surface area (Å²) in [6.45, 7) is 3.28. The summed E-state index contributed by atoms with van der Waals surface area (Å²) >= 11 is 0. The molecule has 3 rings (SSSR count). The molecule has 1 unspecified atom stereocenters. The average molecular weight is 521 g/mol. The third-order valence-electron chi connectivity index (χ3n) is 5.71. The van der Waals surface area contributed by atoms with Crippen molar-refractivity contribution in [3.8, 4) is 11.1 Å². The Balaban J connectivity index is 1.88. The number of rotatable bonds is 8. The summed E-state index contributed by atoms with van der Waals surface area (Å²) in [4.78, 5) is 28.0. The molecular formula is C26H24F5N3O3. The zero-order valence-corrected chi connectivity index (χ0v) is 20.1. The molecule has 3 aromatic rings. The maximum absolute atomic E-state index is 13.5. The summed E-state index contributed by atoms with van der Waals surface area (Å²) in [5.74, 6) is -8.62. The van der Waals surface area contributed by atoms with Crippen LogP contribution in [0.1, 0.15) is 40.9 Å². The number of hydrogen-bond donors (Lipinski definition) is 2. The Morgan fingerprint density at radius 3 is 2.24 bits per heavy atom. The molecule has 11 heteroatoms. The number of esters is 1. The molecule has 0 spiro atoms. The first-order valence-corrected chi connectivity index (χ1v) is 11.2. The molecule has 6 nitrogen and oxygen atoms in total. The fraction of sp³-hybridized carbons (Fsp3) is 0.269. The van der Waals surface area contributed by atoms with Crippen LogP contribution in [0.5, 0.6) is 0 Å². The van der Waals surface area contributed by atoms with Gasteiger partial charge in [-0.3, -0.25) is 4.79 Å². The van der Waals surface area contributed by atoms with Crippen molar-refractivity contribution in [2.75, 3.05) is 17.7 Å². The summed E-state index contributed by atoms with van der Waals surface area (Å²) in [5, 5.41) is 4.70. The van der Waals surface area contributed by atoms with Gasteiger partial charge in [-0.25, -0.2) is 9.78 Å². The van der Waals surface area contributed by atoms with Gasteiger partial charge in [0.1, 0.15) is 0 Å². The average Bonchev–Trinajstić information content (AvgIpc) is 2.87. The highest BCUT2D eigenvalue weighted by molar-refractivity contribution is 5.99. The number of carbonyl (C=O) groups excluding carboxylic acids is 2. The molecule has 0 bridgehead atoms. The van der Waals surface area contributed by atoms with E-state index >= 15 is 0 Å². The number of hydrogen-bond acceptors (Lipinski definition) is 5. The zero-order valence-electron chi connectivity index (χ0n) is 20.1. The van der Waals surface area contributed by atoms with E-state index in [0.717, 1.165) is 11.1 Å². The Morgan fingerprint density at radius 2 is 1.65 bits per heavy atom. The van der Waals surface area contributed by atoms with Gasteiger partial charge in [0, 0.05) is 6.20 Å². The van der Waals surface area contributed by atoms with Crippen molar-refractivity contribution in [2.24, 2.45) is 0 Å². The second-order valence-electron chi connectivity index (χ2n) is 8.14. The fourth-order valence-corrected chi connectivity index (χ4v) is 3.65. The van der Waals surface area contributed by atoms with E-state index in [0.29, 0.717) is 17.5 Å². The summed E-state index contributed by atoms with van der Waals surface area (Å²) in [6, 6.07) is 15.0. The van der Waals surface area contributed by atoms with Crippen LogP contribution >= 0.6 is 0 Å². The fourth-order valence-electron chi connectivity index (χ4n) is 3.65. The lowest BCUT2D eigenvalue weighted by Gasteiger charge is -2.23. The summed E-state index contributed by atoms with van der Waals surface area (Å²) in [6.07, 6.45) is -4.21. The van der Waals surface area contributed by atoms with Crippen LogP contribution in [0, 0.1) is 6.92 Å². The van der Waals surface area contributed by atoms with Gasteiger partial charge in [-0.2, -0.15) is 22.0 Å². The Labute approximate surface area is 209 Å². The molecule has 0 aliphatic rings.